The summed E-state index contributed by atoms with van der Waals surface area (Å²) in [5, 5.41) is 14.1. The van der Waals surface area contributed by atoms with E-state index in [1.165, 1.54) is 0 Å². The maximum absolute atomic E-state index is 13.9. The number of nitrogens with zero attached hydrogens (tertiary/aromatic N) is 1. The quantitative estimate of drug-likeness (QED) is 0.499. The minimum absolute atomic E-state index is 0.158. The molecule has 180 valence electrons. The topological polar surface area (TPSA) is 113 Å². The number of anilines is 1. The second-order valence-corrected chi connectivity index (χ2v) is 10.3. The fourth-order valence-corrected chi connectivity index (χ4v) is 5.98. The normalized spacial score (nSPS) is 21.6. The molecule has 1 fully saturated rings. The highest BCUT2D eigenvalue weighted by atomic mass is 35.5. The van der Waals surface area contributed by atoms with Crippen molar-refractivity contribution in [3.05, 3.63) is 63.6 Å². The number of primary amides is 1. The smallest absolute Gasteiger partial charge is 0.311 e. The number of carboxylic acids is 1. The molecule has 0 radical (unpaired) electrons. The molecule has 2 unspecified atom stereocenters. The van der Waals surface area contributed by atoms with E-state index < -0.39 is 34.9 Å². The Balaban J connectivity index is 1.99. The Morgan fingerprint density at radius 2 is 1.82 bits per heavy atom. The largest absolute Gasteiger partial charge is 0.481 e. The number of nitrogens with one attached hydrogen (secondary N) is 1. The summed E-state index contributed by atoms with van der Waals surface area (Å²) in [4.78, 5) is 41.1. The molecule has 2 aromatic carbocycles. The average Bonchev–Trinajstić information content (AvgIpc) is 2.96. The molecule has 1 heterocycles. The van der Waals surface area contributed by atoms with E-state index in [1.54, 1.807) is 41.3 Å². The van der Waals surface area contributed by atoms with Crippen molar-refractivity contribution in [1.82, 2.24) is 4.90 Å². The van der Waals surface area contributed by atoms with E-state index >= 15 is 0 Å². The molecule has 4 rings (SSSR count). The molecule has 0 bridgehead atoms. The third-order valence-corrected chi connectivity index (χ3v) is 7.61. The van der Waals surface area contributed by atoms with Gasteiger partial charge in [0.2, 0.25) is 11.8 Å². The lowest BCUT2D eigenvalue weighted by Gasteiger charge is -2.53. The molecule has 2 aromatic rings. The molecule has 0 saturated heterocycles. The van der Waals surface area contributed by atoms with Crippen molar-refractivity contribution in [2.75, 3.05) is 5.32 Å². The molecule has 0 spiro atoms. The third kappa shape index (κ3) is 3.76. The molecule has 4 N–H and O–H groups in total. The zero-order valence-electron chi connectivity index (χ0n) is 19.0. The molecule has 2 atom stereocenters. The van der Waals surface area contributed by atoms with Crippen LogP contribution in [-0.2, 0) is 26.3 Å². The van der Waals surface area contributed by atoms with Gasteiger partial charge < -0.3 is 16.2 Å². The fourth-order valence-electron chi connectivity index (χ4n) is 5.59. The summed E-state index contributed by atoms with van der Waals surface area (Å²) in [7, 11) is 0. The molecule has 1 saturated carbocycles. The number of nitrogens with two attached hydrogens (primary N) is 1. The molecular weight excluding hydrogens is 477 g/mol. The number of rotatable bonds is 8. The second kappa shape index (κ2) is 8.87. The van der Waals surface area contributed by atoms with Crippen LogP contribution in [0.2, 0.25) is 10.0 Å². The van der Waals surface area contributed by atoms with Gasteiger partial charge in [0.05, 0.1) is 5.41 Å². The maximum Gasteiger partial charge on any atom is 0.311 e. The van der Waals surface area contributed by atoms with Crippen LogP contribution in [0.3, 0.4) is 0 Å². The van der Waals surface area contributed by atoms with E-state index in [9.17, 15) is 19.5 Å². The van der Waals surface area contributed by atoms with E-state index in [0.717, 1.165) is 5.56 Å². The number of hydrogen-bond acceptors (Lipinski definition) is 4. The van der Waals surface area contributed by atoms with Crippen molar-refractivity contribution in [3.63, 3.8) is 0 Å². The van der Waals surface area contributed by atoms with Crippen LogP contribution in [0, 0.1) is 5.41 Å². The van der Waals surface area contributed by atoms with Crippen molar-refractivity contribution in [2.24, 2.45) is 11.1 Å². The zero-order chi connectivity index (χ0) is 24.8. The van der Waals surface area contributed by atoms with Gasteiger partial charge >= 0.3 is 5.97 Å². The first-order valence-corrected chi connectivity index (χ1v) is 12.0. The van der Waals surface area contributed by atoms with Crippen LogP contribution in [0.15, 0.2) is 42.5 Å². The van der Waals surface area contributed by atoms with Gasteiger partial charge in [0, 0.05) is 33.8 Å². The van der Waals surface area contributed by atoms with Crippen molar-refractivity contribution in [3.8, 4) is 0 Å². The highest BCUT2D eigenvalue weighted by molar-refractivity contribution is 6.31. The first kappa shape index (κ1) is 24.5. The van der Waals surface area contributed by atoms with Gasteiger partial charge in [0.25, 0.3) is 0 Å². The number of halogens is 2. The lowest BCUT2D eigenvalue weighted by Crippen LogP contribution is -2.69. The lowest BCUT2D eigenvalue weighted by atomic mass is 9.62. The lowest BCUT2D eigenvalue weighted by molar-refractivity contribution is -0.173. The summed E-state index contributed by atoms with van der Waals surface area (Å²) < 4.78 is 0. The van der Waals surface area contributed by atoms with E-state index in [4.69, 9.17) is 28.9 Å². The van der Waals surface area contributed by atoms with Crippen LogP contribution in [-0.4, -0.2) is 39.9 Å². The molecule has 7 nitrogen and oxygen atoms in total. The van der Waals surface area contributed by atoms with Crippen LogP contribution >= 0.6 is 23.2 Å². The number of amides is 2. The number of aliphatic carboxylic acids is 1. The number of hydrogen-bond donors (Lipinski definition) is 3. The Labute approximate surface area is 208 Å². The highest BCUT2D eigenvalue weighted by Crippen LogP contribution is 2.52. The van der Waals surface area contributed by atoms with Crippen molar-refractivity contribution in [1.29, 1.82) is 0 Å². The van der Waals surface area contributed by atoms with Crippen LogP contribution in [0.1, 0.15) is 44.2 Å². The predicted octanol–water partition coefficient (Wildman–Crippen LogP) is 4.20. The maximum atomic E-state index is 13.9. The minimum atomic E-state index is -1.41. The van der Waals surface area contributed by atoms with E-state index in [2.05, 4.69) is 5.32 Å². The van der Waals surface area contributed by atoms with Crippen LogP contribution in [0.5, 0.6) is 0 Å². The summed E-state index contributed by atoms with van der Waals surface area (Å²) >= 11 is 12.5. The third-order valence-electron chi connectivity index (χ3n) is 7.14. The monoisotopic (exact) mass is 503 g/mol. The molecular formula is C25H27Cl2N3O4. The van der Waals surface area contributed by atoms with Crippen LogP contribution < -0.4 is 11.1 Å². The van der Waals surface area contributed by atoms with E-state index in [-0.39, 0.29) is 12.3 Å². The van der Waals surface area contributed by atoms with Gasteiger partial charge in [0.1, 0.15) is 11.6 Å². The van der Waals surface area contributed by atoms with Crippen molar-refractivity contribution in [2.45, 2.75) is 57.2 Å². The Hall–Kier alpha value is -2.61. The molecule has 34 heavy (non-hydrogen) atoms. The zero-order valence-corrected chi connectivity index (χ0v) is 20.5. The van der Waals surface area contributed by atoms with E-state index in [1.807, 2.05) is 19.9 Å². The molecule has 2 amide bonds. The minimum Gasteiger partial charge on any atom is -0.481 e. The molecule has 2 aliphatic rings. The standard InChI is InChI=1S/C25H27Cl2N3O4/c1-14(2)30(20(21(28)31)24(23(33)34)9-4-10-24)25(13-15-5-3-6-16(26)11-15)18-8-7-17(27)12-19(18)29-22(25)32/h3,5-8,11-12,14,20H,4,9-10,13H2,1-2H3,(H2,28,31)(H,29,32)(H,33,34). The number of carboxylic acid groups (broad SMARTS) is 1. The number of fused-ring (bicyclic) bond motifs is 1. The van der Waals surface area contributed by atoms with Crippen molar-refractivity contribution >= 4 is 46.7 Å². The van der Waals surface area contributed by atoms with Crippen molar-refractivity contribution < 1.29 is 19.5 Å². The number of carbonyl (C=O) groups excluding carboxylic acids is 2. The Morgan fingerprint density at radius 3 is 2.35 bits per heavy atom. The van der Waals surface area contributed by atoms with Crippen LogP contribution in [0.4, 0.5) is 5.69 Å². The van der Waals surface area contributed by atoms with Crippen LogP contribution in [0.25, 0.3) is 0 Å². The van der Waals surface area contributed by atoms with Gasteiger partial charge in [-0.2, -0.15) is 0 Å². The van der Waals surface area contributed by atoms with Gasteiger partial charge in [-0.05, 0) is 56.5 Å². The van der Waals surface area contributed by atoms with Gasteiger partial charge in [-0.25, -0.2) is 0 Å². The first-order valence-electron chi connectivity index (χ1n) is 11.2. The molecule has 1 aliphatic carbocycles. The molecule has 0 aromatic heterocycles. The van der Waals surface area contributed by atoms with Gasteiger partial charge in [0.15, 0.2) is 0 Å². The first-order chi connectivity index (χ1) is 16.0. The summed E-state index contributed by atoms with van der Waals surface area (Å²) in [6, 6.07) is 10.6. The SMILES string of the molecule is CC(C)N(C(C(N)=O)C1(C(=O)O)CCC1)C1(Cc2cccc(Cl)c2)C(=O)Nc2cc(Cl)ccc21. The Morgan fingerprint density at radius 1 is 1.15 bits per heavy atom. The highest BCUT2D eigenvalue weighted by Gasteiger charge is 2.63. The Bertz CT molecular complexity index is 1160. The van der Waals surface area contributed by atoms with Gasteiger partial charge in [-0.1, -0.05) is 47.8 Å². The summed E-state index contributed by atoms with van der Waals surface area (Å²) in [5.74, 6) is -2.22. The molecule has 1 aliphatic heterocycles. The average molecular weight is 504 g/mol. The fraction of sp³-hybridized carbons (Fsp3) is 0.400. The molecule has 9 heteroatoms. The van der Waals surface area contributed by atoms with E-state index in [0.29, 0.717) is 40.6 Å². The summed E-state index contributed by atoms with van der Waals surface area (Å²) in [5.41, 5.74) is 5.04. The van der Waals surface area contributed by atoms with Gasteiger partial charge in [-0.15, -0.1) is 0 Å². The Kier molecular flexibility index (Phi) is 6.40. The number of carbonyl (C=O) groups is 3. The second-order valence-electron chi connectivity index (χ2n) is 9.43. The number of benzene rings is 2. The summed E-state index contributed by atoms with van der Waals surface area (Å²) in [6.45, 7) is 3.68. The predicted molar refractivity (Wildman–Crippen MR) is 131 cm³/mol. The summed E-state index contributed by atoms with van der Waals surface area (Å²) in [6.07, 6.45) is 1.44. The van der Waals surface area contributed by atoms with Gasteiger partial charge in [-0.3, -0.25) is 19.3 Å².